The third-order valence-corrected chi connectivity index (χ3v) is 4.25. The summed E-state index contributed by atoms with van der Waals surface area (Å²) in [5.74, 6) is -0.282. The number of methoxy groups -OCH3 is 2. The fourth-order valence-electron chi connectivity index (χ4n) is 3.15. The molecule has 1 aliphatic rings. The Balaban J connectivity index is 2.98. The molecule has 0 aromatic carbocycles. The Labute approximate surface area is 111 Å². The van der Waals surface area contributed by atoms with E-state index >= 15 is 0 Å². The van der Waals surface area contributed by atoms with E-state index in [-0.39, 0.29) is 17.5 Å². The van der Waals surface area contributed by atoms with Crippen molar-refractivity contribution in [2.75, 3.05) is 14.2 Å². The van der Waals surface area contributed by atoms with Gasteiger partial charge in [0.25, 0.3) is 0 Å². The SMILES string of the molecule is C=C(C(=O)OC)C1(CCCC)CCCCC1OC. The molecule has 1 fully saturated rings. The monoisotopic (exact) mass is 254 g/mol. The van der Waals surface area contributed by atoms with E-state index in [0.29, 0.717) is 5.57 Å². The van der Waals surface area contributed by atoms with Crippen LogP contribution >= 0.6 is 0 Å². The molecular formula is C15H26O3. The number of ether oxygens (including phenoxy) is 2. The molecule has 0 bridgehead atoms. The smallest absolute Gasteiger partial charge is 0.333 e. The van der Waals surface area contributed by atoms with Gasteiger partial charge >= 0.3 is 5.97 Å². The third-order valence-electron chi connectivity index (χ3n) is 4.25. The number of carbonyl (C=O) groups excluding carboxylic acids is 1. The summed E-state index contributed by atoms with van der Waals surface area (Å²) in [7, 11) is 3.16. The van der Waals surface area contributed by atoms with Crippen LogP contribution in [-0.4, -0.2) is 26.3 Å². The lowest BCUT2D eigenvalue weighted by atomic mass is 9.64. The van der Waals surface area contributed by atoms with E-state index in [1.54, 1.807) is 7.11 Å². The highest BCUT2D eigenvalue weighted by molar-refractivity contribution is 5.89. The number of hydrogen-bond acceptors (Lipinski definition) is 3. The van der Waals surface area contributed by atoms with Crippen molar-refractivity contribution >= 4 is 5.97 Å². The van der Waals surface area contributed by atoms with E-state index in [1.165, 1.54) is 13.5 Å². The maximum Gasteiger partial charge on any atom is 0.333 e. The molecule has 3 nitrogen and oxygen atoms in total. The van der Waals surface area contributed by atoms with Gasteiger partial charge in [-0.05, 0) is 19.3 Å². The van der Waals surface area contributed by atoms with E-state index in [2.05, 4.69) is 13.5 Å². The molecule has 18 heavy (non-hydrogen) atoms. The van der Waals surface area contributed by atoms with Gasteiger partial charge in [-0.15, -0.1) is 0 Å². The highest BCUT2D eigenvalue weighted by atomic mass is 16.5. The van der Waals surface area contributed by atoms with E-state index in [4.69, 9.17) is 9.47 Å². The fraction of sp³-hybridized carbons (Fsp3) is 0.800. The quantitative estimate of drug-likeness (QED) is 0.537. The standard InChI is InChI=1S/C15H26O3/c1-5-6-10-15(12(2)14(16)18-4)11-8-7-9-13(15)17-3/h13H,2,5-11H2,1,3-4H3. The Kier molecular flexibility index (Phi) is 5.86. The van der Waals surface area contributed by atoms with E-state index < -0.39 is 0 Å². The van der Waals surface area contributed by atoms with Gasteiger partial charge in [-0.1, -0.05) is 39.2 Å². The van der Waals surface area contributed by atoms with Gasteiger partial charge in [0, 0.05) is 18.1 Å². The van der Waals surface area contributed by atoms with E-state index in [0.717, 1.165) is 38.5 Å². The van der Waals surface area contributed by atoms with Crippen LogP contribution in [0.1, 0.15) is 51.9 Å². The molecule has 0 amide bonds. The van der Waals surface area contributed by atoms with Crippen LogP contribution in [0.5, 0.6) is 0 Å². The second kappa shape index (κ2) is 6.93. The van der Waals surface area contributed by atoms with E-state index in [1.807, 2.05) is 0 Å². The lowest BCUT2D eigenvalue weighted by Crippen LogP contribution is -2.43. The topological polar surface area (TPSA) is 35.5 Å². The molecule has 0 spiro atoms. The zero-order valence-corrected chi connectivity index (χ0v) is 12.0. The third kappa shape index (κ3) is 2.94. The maximum atomic E-state index is 11.9. The first-order valence-electron chi connectivity index (χ1n) is 6.93. The van der Waals surface area contributed by atoms with Crippen LogP contribution < -0.4 is 0 Å². The summed E-state index contributed by atoms with van der Waals surface area (Å²) >= 11 is 0. The van der Waals surface area contributed by atoms with Gasteiger partial charge in [-0.25, -0.2) is 4.79 Å². The average molecular weight is 254 g/mol. The average Bonchev–Trinajstić information content (AvgIpc) is 2.43. The minimum Gasteiger partial charge on any atom is -0.466 e. The number of carbonyl (C=O) groups is 1. The van der Waals surface area contributed by atoms with Crippen molar-refractivity contribution in [3.63, 3.8) is 0 Å². The molecule has 3 heteroatoms. The van der Waals surface area contributed by atoms with Gasteiger partial charge in [-0.2, -0.15) is 0 Å². The molecule has 1 saturated carbocycles. The van der Waals surface area contributed by atoms with Crippen molar-refractivity contribution in [1.82, 2.24) is 0 Å². The Bertz CT molecular complexity index is 298. The second-order valence-corrected chi connectivity index (χ2v) is 5.20. The van der Waals surface area contributed by atoms with Crippen LogP contribution in [0.2, 0.25) is 0 Å². The Hall–Kier alpha value is -0.830. The summed E-state index contributed by atoms with van der Waals surface area (Å²) in [4.78, 5) is 11.9. The maximum absolute atomic E-state index is 11.9. The minimum atomic E-state index is -0.282. The number of rotatable bonds is 6. The molecule has 104 valence electrons. The molecule has 0 saturated heterocycles. The molecule has 0 aromatic heterocycles. The lowest BCUT2D eigenvalue weighted by molar-refractivity contribution is -0.139. The lowest BCUT2D eigenvalue weighted by Gasteiger charge is -2.44. The summed E-state index contributed by atoms with van der Waals surface area (Å²) in [5.41, 5.74) is 0.390. The molecule has 1 rings (SSSR count). The van der Waals surface area contributed by atoms with Gasteiger partial charge in [-0.3, -0.25) is 0 Å². The van der Waals surface area contributed by atoms with Gasteiger partial charge in [0.05, 0.1) is 13.2 Å². The van der Waals surface area contributed by atoms with Crippen LogP contribution in [0.25, 0.3) is 0 Å². The van der Waals surface area contributed by atoms with Crippen LogP contribution in [0.4, 0.5) is 0 Å². The number of hydrogen-bond donors (Lipinski definition) is 0. The molecule has 0 aromatic rings. The largest absolute Gasteiger partial charge is 0.466 e. The Morgan fingerprint density at radius 3 is 2.67 bits per heavy atom. The summed E-state index contributed by atoms with van der Waals surface area (Å²) in [5, 5.41) is 0. The summed E-state index contributed by atoms with van der Waals surface area (Å²) in [6.45, 7) is 6.18. The predicted molar refractivity (Wildman–Crippen MR) is 72.4 cm³/mol. The molecule has 2 atom stereocenters. The van der Waals surface area contributed by atoms with Gasteiger partial charge in [0.1, 0.15) is 0 Å². The Morgan fingerprint density at radius 2 is 2.11 bits per heavy atom. The molecule has 1 aliphatic carbocycles. The van der Waals surface area contributed by atoms with Crippen molar-refractivity contribution in [2.45, 2.75) is 58.0 Å². The summed E-state index contributed by atoms with van der Waals surface area (Å²) in [6.07, 6.45) is 7.58. The van der Waals surface area contributed by atoms with Crippen molar-refractivity contribution in [3.05, 3.63) is 12.2 Å². The van der Waals surface area contributed by atoms with Crippen LogP contribution in [-0.2, 0) is 14.3 Å². The predicted octanol–water partition coefficient (Wildman–Crippen LogP) is 3.48. The normalized spacial score (nSPS) is 27.8. The van der Waals surface area contributed by atoms with Crippen molar-refractivity contribution in [2.24, 2.45) is 5.41 Å². The zero-order chi connectivity index (χ0) is 13.6. The van der Waals surface area contributed by atoms with Crippen molar-refractivity contribution < 1.29 is 14.3 Å². The van der Waals surface area contributed by atoms with E-state index in [9.17, 15) is 4.79 Å². The first kappa shape index (κ1) is 15.2. The highest BCUT2D eigenvalue weighted by Crippen LogP contribution is 2.47. The second-order valence-electron chi connectivity index (χ2n) is 5.20. The Morgan fingerprint density at radius 1 is 1.39 bits per heavy atom. The van der Waals surface area contributed by atoms with Crippen molar-refractivity contribution in [3.8, 4) is 0 Å². The minimum absolute atomic E-state index is 0.101. The summed E-state index contributed by atoms with van der Waals surface area (Å²) < 4.78 is 10.5. The molecule has 0 aliphatic heterocycles. The van der Waals surface area contributed by atoms with Gasteiger partial charge in [0.2, 0.25) is 0 Å². The number of esters is 1. The molecule has 0 N–H and O–H groups in total. The number of unbranched alkanes of at least 4 members (excludes halogenated alkanes) is 1. The molecule has 2 unspecified atom stereocenters. The van der Waals surface area contributed by atoms with Gasteiger partial charge in [0.15, 0.2) is 0 Å². The van der Waals surface area contributed by atoms with Gasteiger partial charge < -0.3 is 9.47 Å². The zero-order valence-electron chi connectivity index (χ0n) is 12.0. The van der Waals surface area contributed by atoms with Crippen LogP contribution in [0, 0.1) is 5.41 Å². The fourth-order valence-corrected chi connectivity index (χ4v) is 3.15. The first-order valence-corrected chi connectivity index (χ1v) is 6.93. The van der Waals surface area contributed by atoms with Crippen LogP contribution in [0.3, 0.4) is 0 Å². The van der Waals surface area contributed by atoms with Crippen molar-refractivity contribution in [1.29, 1.82) is 0 Å². The molecular weight excluding hydrogens is 228 g/mol. The first-order chi connectivity index (χ1) is 8.62. The highest BCUT2D eigenvalue weighted by Gasteiger charge is 2.45. The van der Waals surface area contributed by atoms with Crippen LogP contribution in [0.15, 0.2) is 12.2 Å². The molecule has 0 heterocycles. The summed E-state index contributed by atoms with van der Waals surface area (Å²) in [6, 6.07) is 0. The molecule has 0 radical (unpaired) electrons.